The highest BCUT2D eigenvalue weighted by atomic mass is 16.2. The molecule has 0 heterocycles. The van der Waals surface area contributed by atoms with Gasteiger partial charge in [0.15, 0.2) is 0 Å². The Balaban J connectivity index is 2.11. The minimum absolute atomic E-state index is 0.209. The fraction of sp³-hybridized carbons (Fsp3) is 0.0625. The summed E-state index contributed by atoms with van der Waals surface area (Å²) in [7, 11) is 0. The maximum Gasteiger partial charge on any atom is 0.255 e. The molecule has 0 radical (unpaired) electrons. The van der Waals surface area contributed by atoms with Gasteiger partial charge in [0.25, 0.3) is 5.91 Å². The highest BCUT2D eigenvalue weighted by Crippen LogP contribution is 2.14. The van der Waals surface area contributed by atoms with E-state index in [1.165, 1.54) is 19.1 Å². The predicted octanol–water partition coefficient (Wildman–Crippen LogP) is 2.00. The number of hydrogen-bond acceptors (Lipinski definition) is 3. The Bertz CT molecular complexity index is 724. The number of rotatable bonds is 4. The maximum atomic E-state index is 12.2. The smallest absolute Gasteiger partial charge is 0.255 e. The monoisotopic (exact) mass is 297 g/mol. The molecular weight excluding hydrogens is 282 g/mol. The second-order valence-corrected chi connectivity index (χ2v) is 4.66. The average molecular weight is 297 g/mol. The molecule has 2 aromatic carbocycles. The highest BCUT2D eigenvalue weighted by Gasteiger charge is 2.08. The van der Waals surface area contributed by atoms with Gasteiger partial charge in [-0.05, 0) is 42.5 Å². The molecule has 0 atom stereocenters. The number of nitrogens with two attached hydrogens (primary N) is 1. The Labute approximate surface area is 127 Å². The van der Waals surface area contributed by atoms with Gasteiger partial charge < -0.3 is 16.4 Å². The van der Waals surface area contributed by atoms with Crippen molar-refractivity contribution in [2.24, 2.45) is 5.73 Å². The zero-order chi connectivity index (χ0) is 16.1. The normalized spacial score (nSPS) is 9.86. The minimum Gasteiger partial charge on any atom is -0.366 e. The number of nitrogens with one attached hydrogen (secondary N) is 2. The van der Waals surface area contributed by atoms with Crippen LogP contribution < -0.4 is 16.4 Å². The molecule has 0 aliphatic carbocycles. The number of primary amides is 1. The van der Waals surface area contributed by atoms with Crippen LogP contribution in [0.25, 0.3) is 0 Å². The van der Waals surface area contributed by atoms with Crippen LogP contribution in [0.1, 0.15) is 27.6 Å². The molecule has 0 aliphatic heterocycles. The van der Waals surface area contributed by atoms with Crippen LogP contribution in [0.4, 0.5) is 11.4 Å². The maximum absolute atomic E-state index is 12.2. The van der Waals surface area contributed by atoms with Crippen molar-refractivity contribution < 1.29 is 14.4 Å². The van der Waals surface area contributed by atoms with E-state index in [2.05, 4.69) is 10.6 Å². The molecule has 3 amide bonds. The number of benzene rings is 2. The predicted molar refractivity (Wildman–Crippen MR) is 83.7 cm³/mol. The minimum atomic E-state index is -0.527. The zero-order valence-electron chi connectivity index (χ0n) is 11.9. The molecule has 0 saturated carbocycles. The number of anilines is 2. The van der Waals surface area contributed by atoms with Gasteiger partial charge in [-0.15, -0.1) is 0 Å². The molecule has 6 heteroatoms. The molecule has 0 unspecified atom stereocenters. The van der Waals surface area contributed by atoms with Crippen LogP contribution in [-0.4, -0.2) is 17.7 Å². The molecule has 22 heavy (non-hydrogen) atoms. The van der Waals surface area contributed by atoms with Gasteiger partial charge in [0.2, 0.25) is 11.8 Å². The lowest BCUT2D eigenvalue weighted by Gasteiger charge is -2.08. The Morgan fingerprint density at radius 2 is 1.55 bits per heavy atom. The van der Waals surface area contributed by atoms with E-state index in [1.54, 1.807) is 36.4 Å². The summed E-state index contributed by atoms with van der Waals surface area (Å²) in [6.07, 6.45) is 0. The first kappa shape index (κ1) is 15.2. The summed E-state index contributed by atoms with van der Waals surface area (Å²) in [5.41, 5.74) is 7.01. The van der Waals surface area contributed by atoms with Crippen LogP contribution in [0.5, 0.6) is 0 Å². The molecule has 0 aromatic heterocycles. The van der Waals surface area contributed by atoms with Gasteiger partial charge in [0.05, 0.1) is 0 Å². The number of carbonyl (C=O) groups excluding carboxylic acids is 3. The quantitative estimate of drug-likeness (QED) is 0.804. The van der Waals surface area contributed by atoms with Gasteiger partial charge in [0, 0.05) is 29.4 Å². The lowest BCUT2D eigenvalue weighted by Crippen LogP contribution is -2.14. The van der Waals surface area contributed by atoms with E-state index in [9.17, 15) is 14.4 Å². The van der Waals surface area contributed by atoms with E-state index >= 15 is 0 Å². The summed E-state index contributed by atoms with van der Waals surface area (Å²) in [6.45, 7) is 1.40. The van der Waals surface area contributed by atoms with E-state index in [0.29, 0.717) is 22.5 Å². The van der Waals surface area contributed by atoms with Crippen molar-refractivity contribution in [2.75, 3.05) is 10.6 Å². The lowest BCUT2D eigenvalue weighted by molar-refractivity contribution is -0.114. The van der Waals surface area contributed by atoms with E-state index in [1.807, 2.05) is 0 Å². The second-order valence-electron chi connectivity index (χ2n) is 4.66. The number of carbonyl (C=O) groups is 3. The SMILES string of the molecule is CC(=O)Nc1cccc(C(=O)Nc2ccc(C(N)=O)cc2)c1. The standard InChI is InChI=1S/C16H15N3O3/c1-10(20)18-14-4-2-3-12(9-14)16(22)19-13-7-5-11(6-8-13)15(17)21/h2-9H,1H3,(H2,17,21)(H,18,20)(H,19,22). The second kappa shape index (κ2) is 6.53. The van der Waals surface area contributed by atoms with Crippen molar-refractivity contribution in [1.29, 1.82) is 0 Å². The van der Waals surface area contributed by atoms with Gasteiger partial charge >= 0.3 is 0 Å². The van der Waals surface area contributed by atoms with Gasteiger partial charge in [0.1, 0.15) is 0 Å². The summed E-state index contributed by atoms with van der Waals surface area (Å²) in [6, 6.07) is 12.8. The zero-order valence-corrected chi connectivity index (χ0v) is 11.9. The Morgan fingerprint density at radius 1 is 0.864 bits per heavy atom. The highest BCUT2D eigenvalue weighted by molar-refractivity contribution is 6.05. The first-order valence-corrected chi connectivity index (χ1v) is 6.54. The van der Waals surface area contributed by atoms with Crippen molar-refractivity contribution in [3.8, 4) is 0 Å². The van der Waals surface area contributed by atoms with Crippen molar-refractivity contribution >= 4 is 29.1 Å². The third-order valence-electron chi connectivity index (χ3n) is 2.87. The molecule has 0 fully saturated rings. The summed E-state index contributed by atoms with van der Waals surface area (Å²) in [5, 5.41) is 5.31. The summed E-state index contributed by atoms with van der Waals surface area (Å²) >= 11 is 0. The summed E-state index contributed by atoms with van der Waals surface area (Å²) < 4.78 is 0. The van der Waals surface area contributed by atoms with Gasteiger partial charge in [-0.3, -0.25) is 14.4 Å². The van der Waals surface area contributed by atoms with Crippen LogP contribution in [0.15, 0.2) is 48.5 Å². The van der Waals surface area contributed by atoms with Gasteiger partial charge in [-0.25, -0.2) is 0 Å². The van der Waals surface area contributed by atoms with Crippen molar-refractivity contribution in [3.05, 3.63) is 59.7 Å². The molecule has 0 spiro atoms. The third-order valence-corrected chi connectivity index (χ3v) is 2.87. The molecule has 2 rings (SSSR count). The van der Waals surface area contributed by atoms with Crippen LogP contribution in [0.2, 0.25) is 0 Å². The van der Waals surface area contributed by atoms with Crippen LogP contribution in [0.3, 0.4) is 0 Å². The van der Waals surface area contributed by atoms with E-state index in [0.717, 1.165) is 0 Å². The Morgan fingerprint density at radius 3 is 2.14 bits per heavy atom. The number of hydrogen-bond donors (Lipinski definition) is 3. The van der Waals surface area contributed by atoms with Crippen LogP contribution >= 0.6 is 0 Å². The average Bonchev–Trinajstić information content (AvgIpc) is 2.47. The summed E-state index contributed by atoms with van der Waals surface area (Å²) in [4.78, 5) is 34.2. The fourth-order valence-electron chi connectivity index (χ4n) is 1.86. The largest absolute Gasteiger partial charge is 0.366 e. The van der Waals surface area contributed by atoms with Crippen molar-refractivity contribution in [1.82, 2.24) is 0 Å². The van der Waals surface area contributed by atoms with E-state index < -0.39 is 5.91 Å². The fourth-order valence-corrected chi connectivity index (χ4v) is 1.86. The van der Waals surface area contributed by atoms with Crippen LogP contribution in [0, 0.1) is 0 Å². The van der Waals surface area contributed by atoms with E-state index in [-0.39, 0.29) is 11.8 Å². The third kappa shape index (κ3) is 3.92. The van der Waals surface area contributed by atoms with Crippen molar-refractivity contribution in [3.63, 3.8) is 0 Å². The lowest BCUT2D eigenvalue weighted by atomic mass is 10.1. The molecule has 112 valence electrons. The molecule has 2 aromatic rings. The molecule has 6 nitrogen and oxygen atoms in total. The molecule has 4 N–H and O–H groups in total. The Hall–Kier alpha value is -3.15. The van der Waals surface area contributed by atoms with Crippen LogP contribution in [-0.2, 0) is 4.79 Å². The molecule has 0 aliphatic rings. The van der Waals surface area contributed by atoms with Gasteiger partial charge in [-0.2, -0.15) is 0 Å². The van der Waals surface area contributed by atoms with Gasteiger partial charge in [-0.1, -0.05) is 6.07 Å². The first-order chi connectivity index (χ1) is 10.5. The molecule has 0 bridgehead atoms. The van der Waals surface area contributed by atoms with E-state index in [4.69, 9.17) is 5.73 Å². The number of amides is 3. The Kier molecular flexibility index (Phi) is 4.53. The summed E-state index contributed by atoms with van der Waals surface area (Å²) in [5.74, 6) is -1.06. The first-order valence-electron chi connectivity index (χ1n) is 6.54. The molecule has 0 saturated heterocycles. The molecular formula is C16H15N3O3. The topological polar surface area (TPSA) is 101 Å². The van der Waals surface area contributed by atoms with Crippen molar-refractivity contribution in [2.45, 2.75) is 6.92 Å².